The molecule has 0 saturated carbocycles. The van der Waals surface area contributed by atoms with Crippen LogP contribution in [0, 0.1) is 14.3 Å². The highest BCUT2D eigenvalue weighted by molar-refractivity contribution is 14.1. The van der Waals surface area contributed by atoms with Crippen molar-refractivity contribution in [3.63, 3.8) is 0 Å². The van der Waals surface area contributed by atoms with Gasteiger partial charge in [0.05, 0.1) is 21.3 Å². The molecule has 0 radical (unpaired) electrons. The molecule has 5 nitrogen and oxygen atoms in total. The third-order valence-electron chi connectivity index (χ3n) is 4.52. The van der Waals surface area contributed by atoms with E-state index in [0.29, 0.717) is 47.7 Å². The lowest BCUT2D eigenvalue weighted by Gasteiger charge is -2.19. The fourth-order valence-corrected chi connectivity index (χ4v) is 7.07. The number of rotatable bonds is 2. The molecule has 2 aromatic carbocycles. The minimum absolute atomic E-state index is 0.0396. The summed E-state index contributed by atoms with van der Waals surface area (Å²) in [5, 5.41) is 21.0. The maximum Gasteiger partial charge on any atom is 0.337 e. The largest absolute Gasteiger partial charge is 0.506 e. The van der Waals surface area contributed by atoms with E-state index in [1.54, 1.807) is 24.3 Å². The summed E-state index contributed by atoms with van der Waals surface area (Å²) in [5.41, 5.74) is 1.74. The number of aromatic hydroxyl groups is 1. The highest BCUT2D eigenvalue weighted by Crippen LogP contribution is 2.47. The Morgan fingerprint density at radius 1 is 1.00 bits per heavy atom. The molecular formula is C20H7ClI4O5. The summed E-state index contributed by atoms with van der Waals surface area (Å²) in [6, 6.07) is 8.32. The van der Waals surface area contributed by atoms with Crippen LogP contribution in [0.2, 0.25) is 5.02 Å². The lowest BCUT2D eigenvalue weighted by atomic mass is 9.91. The van der Waals surface area contributed by atoms with Crippen LogP contribution in [0.5, 0.6) is 5.75 Å². The van der Waals surface area contributed by atoms with Gasteiger partial charge < -0.3 is 14.6 Å². The maximum absolute atomic E-state index is 12.6. The van der Waals surface area contributed by atoms with Crippen molar-refractivity contribution in [1.29, 1.82) is 0 Å². The first kappa shape index (κ1) is 22.8. The Morgan fingerprint density at radius 3 is 2.37 bits per heavy atom. The van der Waals surface area contributed by atoms with E-state index < -0.39 is 5.97 Å². The van der Waals surface area contributed by atoms with Gasteiger partial charge in [0, 0.05) is 16.5 Å². The van der Waals surface area contributed by atoms with E-state index >= 15 is 0 Å². The number of hydrogen-bond acceptors (Lipinski definition) is 4. The number of benzene rings is 3. The molecule has 30 heavy (non-hydrogen) atoms. The molecule has 0 unspecified atom stereocenters. The fourth-order valence-electron chi connectivity index (χ4n) is 3.23. The molecule has 0 amide bonds. The van der Waals surface area contributed by atoms with Crippen LogP contribution in [0.15, 0.2) is 39.5 Å². The Morgan fingerprint density at radius 2 is 1.70 bits per heavy atom. The Labute approximate surface area is 229 Å². The van der Waals surface area contributed by atoms with Crippen molar-refractivity contribution in [3.8, 4) is 28.2 Å². The predicted molar refractivity (Wildman–Crippen MR) is 149 cm³/mol. The van der Waals surface area contributed by atoms with Gasteiger partial charge in [0.25, 0.3) is 0 Å². The monoisotopic (exact) mass is 870 g/mol. The van der Waals surface area contributed by atoms with Crippen LogP contribution in [-0.4, -0.2) is 16.2 Å². The standard InChI is InChI=1S/C20H7ClI4O5/c21-9-3-1-2-6(13(9)20(28)29)12-7-4-10(22)16(26)14(24)18(7)30-19-8(12)5-11(23)17(27)15(19)25/h1-5,26H,(H,28,29). The van der Waals surface area contributed by atoms with Crippen LogP contribution in [0.1, 0.15) is 10.4 Å². The molecule has 0 aromatic heterocycles. The van der Waals surface area contributed by atoms with E-state index in [1.165, 1.54) is 6.07 Å². The van der Waals surface area contributed by atoms with Gasteiger partial charge in [-0.3, -0.25) is 4.79 Å². The quantitative estimate of drug-likeness (QED) is 0.167. The number of carboxylic acids is 1. The minimum Gasteiger partial charge on any atom is -0.506 e. The molecule has 2 aromatic rings. The summed E-state index contributed by atoms with van der Waals surface area (Å²) in [6.45, 7) is 0. The van der Waals surface area contributed by atoms with Gasteiger partial charge in [-0.1, -0.05) is 23.7 Å². The lowest BCUT2D eigenvalue weighted by Crippen LogP contribution is -2.12. The van der Waals surface area contributed by atoms with Crippen molar-refractivity contribution >= 4 is 119 Å². The van der Waals surface area contributed by atoms with Gasteiger partial charge in [-0.25, -0.2) is 4.79 Å². The predicted octanol–water partition coefficient (Wildman–Crippen LogP) is 7.04. The highest BCUT2D eigenvalue weighted by atomic mass is 127. The topological polar surface area (TPSA) is 87.7 Å². The first-order chi connectivity index (χ1) is 14.1. The van der Waals surface area contributed by atoms with Crippen molar-refractivity contribution in [1.82, 2.24) is 0 Å². The van der Waals surface area contributed by atoms with E-state index in [2.05, 4.69) is 0 Å². The van der Waals surface area contributed by atoms with E-state index in [0.717, 1.165) is 0 Å². The van der Waals surface area contributed by atoms with Crippen LogP contribution in [0.25, 0.3) is 33.4 Å². The zero-order chi connectivity index (χ0) is 21.9. The second-order valence-electron chi connectivity index (χ2n) is 6.22. The first-order valence-corrected chi connectivity index (χ1v) is 12.8. The number of phenolic OH excluding ortho intramolecular Hbond substituents is 1. The zero-order valence-corrected chi connectivity index (χ0v) is 23.8. The van der Waals surface area contributed by atoms with E-state index in [-0.39, 0.29) is 21.8 Å². The Kier molecular flexibility index (Phi) is 6.47. The second kappa shape index (κ2) is 8.51. The third kappa shape index (κ3) is 3.61. The lowest BCUT2D eigenvalue weighted by molar-refractivity contribution is 0.0698. The van der Waals surface area contributed by atoms with E-state index in [4.69, 9.17) is 16.0 Å². The first-order valence-electron chi connectivity index (χ1n) is 8.11. The van der Waals surface area contributed by atoms with Crippen LogP contribution < -0.4 is 5.43 Å². The molecule has 10 heteroatoms. The van der Waals surface area contributed by atoms with Gasteiger partial charge in [-0.2, -0.15) is 0 Å². The fraction of sp³-hybridized carbons (Fsp3) is 0. The summed E-state index contributed by atoms with van der Waals surface area (Å²) in [6.07, 6.45) is 0. The number of aromatic carboxylic acids is 1. The number of carboxylic acid groups (broad SMARTS) is 1. The highest BCUT2D eigenvalue weighted by Gasteiger charge is 2.28. The minimum atomic E-state index is -1.16. The molecule has 0 spiro atoms. The number of halogens is 5. The molecule has 0 bridgehead atoms. The molecule has 0 atom stereocenters. The van der Waals surface area contributed by atoms with Crippen LogP contribution in [0.4, 0.5) is 0 Å². The average molecular weight is 870 g/mol. The number of phenols is 1. The van der Waals surface area contributed by atoms with Crippen molar-refractivity contribution in [2.75, 3.05) is 0 Å². The summed E-state index contributed by atoms with van der Waals surface area (Å²) >= 11 is 14.1. The van der Waals surface area contributed by atoms with Gasteiger partial charge >= 0.3 is 5.97 Å². The second-order valence-corrected chi connectivity index (χ2v) is 11.1. The molecule has 152 valence electrons. The van der Waals surface area contributed by atoms with Crippen molar-refractivity contribution in [2.45, 2.75) is 0 Å². The molecular weight excluding hydrogens is 863 g/mol. The van der Waals surface area contributed by atoms with Crippen molar-refractivity contribution in [3.05, 3.63) is 65.4 Å². The molecule has 2 aliphatic rings. The summed E-state index contributed by atoms with van der Waals surface area (Å²) < 4.78 is 8.04. The van der Waals surface area contributed by atoms with Crippen molar-refractivity contribution in [2.24, 2.45) is 0 Å². The summed E-state index contributed by atoms with van der Waals surface area (Å²) in [5.74, 6) is -0.769. The molecule has 2 N–H and O–H groups in total. The normalized spacial score (nSPS) is 11.4. The third-order valence-corrected chi connectivity index (χ3v) is 8.44. The zero-order valence-electron chi connectivity index (χ0n) is 14.4. The molecule has 1 heterocycles. The van der Waals surface area contributed by atoms with E-state index in [9.17, 15) is 19.8 Å². The molecule has 0 saturated heterocycles. The van der Waals surface area contributed by atoms with E-state index in [1.807, 2.05) is 90.4 Å². The van der Waals surface area contributed by atoms with Crippen LogP contribution in [0.3, 0.4) is 0 Å². The summed E-state index contributed by atoms with van der Waals surface area (Å²) in [4.78, 5) is 24.6. The Bertz CT molecular complexity index is 1410. The number of fused-ring (bicyclic) bond motifs is 2. The SMILES string of the molecule is O=C(O)c1c(Cl)cccc1-c1c2cc(I)c(=O)c(I)c-2oc2c(I)c(O)c(I)cc12. The average Bonchev–Trinajstić information content (AvgIpc) is 2.69. The van der Waals surface area contributed by atoms with Gasteiger partial charge in [-0.05, 0) is 114 Å². The Balaban J connectivity index is 2.36. The number of carbonyl (C=O) groups is 1. The molecule has 4 rings (SSSR count). The Hall–Kier alpha value is -0.390. The van der Waals surface area contributed by atoms with Crippen LogP contribution >= 0.6 is 102 Å². The summed E-state index contributed by atoms with van der Waals surface area (Å²) in [7, 11) is 0. The molecule has 0 fully saturated rings. The van der Waals surface area contributed by atoms with Gasteiger partial charge in [0.1, 0.15) is 9.32 Å². The smallest absolute Gasteiger partial charge is 0.337 e. The number of hydrogen-bond donors (Lipinski definition) is 2. The van der Waals surface area contributed by atoms with Gasteiger partial charge in [-0.15, -0.1) is 0 Å². The van der Waals surface area contributed by atoms with Crippen LogP contribution in [-0.2, 0) is 0 Å². The van der Waals surface area contributed by atoms with Crippen molar-refractivity contribution < 1.29 is 19.4 Å². The molecule has 1 aliphatic carbocycles. The maximum atomic E-state index is 12.6. The van der Waals surface area contributed by atoms with Gasteiger partial charge in [0.2, 0.25) is 5.43 Å². The van der Waals surface area contributed by atoms with Gasteiger partial charge in [0.15, 0.2) is 11.3 Å². The molecule has 1 aliphatic heterocycles.